The SMILES string of the molecule is CCCn1ncc(C(=O)NCCS(=O)(=O)CC(C)C)c1C. The molecule has 0 fully saturated rings. The van der Waals surface area contributed by atoms with Crippen LogP contribution in [0.2, 0.25) is 0 Å². The summed E-state index contributed by atoms with van der Waals surface area (Å²) >= 11 is 0. The lowest BCUT2D eigenvalue weighted by atomic mass is 10.2. The van der Waals surface area contributed by atoms with Gasteiger partial charge in [-0.15, -0.1) is 0 Å². The number of carbonyl (C=O) groups is 1. The Morgan fingerprint density at radius 1 is 1.43 bits per heavy atom. The average Bonchev–Trinajstić information content (AvgIpc) is 2.69. The molecule has 0 saturated carbocycles. The van der Waals surface area contributed by atoms with E-state index in [1.54, 1.807) is 4.68 Å². The van der Waals surface area contributed by atoms with Gasteiger partial charge in [0.2, 0.25) is 0 Å². The zero-order valence-corrected chi connectivity index (χ0v) is 14.0. The lowest BCUT2D eigenvalue weighted by Gasteiger charge is -2.08. The summed E-state index contributed by atoms with van der Waals surface area (Å²) in [6.45, 7) is 8.50. The quantitative estimate of drug-likeness (QED) is 0.786. The molecule has 0 aliphatic carbocycles. The van der Waals surface area contributed by atoms with Crippen molar-refractivity contribution >= 4 is 15.7 Å². The molecule has 0 aromatic carbocycles. The molecule has 0 spiro atoms. The first-order valence-electron chi connectivity index (χ1n) is 7.28. The van der Waals surface area contributed by atoms with Gasteiger partial charge in [-0.25, -0.2) is 8.42 Å². The Balaban J connectivity index is 2.55. The van der Waals surface area contributed by atoms with Gasteiger partial charge in [-0.2, -0.15) is 5.10 Å². The maximum atomic E-state index is 12.0. The molecule has 1 amide bonds. The summed E-state index contributed by atoms with van der Waals surface area (Å²) < 4.78 is 25.3. The standard InChI is InChI=1S/C14H25N3O3S/c1-5-7-17-12(4)13(9-16-17)14(18)15-6-8-21(19,20)10-11(2)3/h9,11H,5-8,10H2,1-4H3,(H,15,18). The van der Waals surface area contributed by atoms with Crippen LogP contribution in [0, 0.1) is 12.8 Å². The van der Waals surface area contributed by atoms with Crippen LogP contribution >= 0.6 is 0 Å². The Bertz CT molecular complexity index is 576. The fourth-order valence-corrected chi connectivity index (χ4v) is 3.71. The highest BCUT2D eigenvalue weighted by Crippen LogP contribution is 2.07. The van der Waals surface area contributed by atoms with E-state index >= 15 is 0 Å². The first kappa shape index (κ1) is 17.7. The van der Waals surface area contributed by atoms with Crippen LogP contribution in [0.4, 0.5) is 0 Å². The highest BCUT2D eigenvalue weighted by atomic mass is 32.2. The number of sulfone groups is 1. The number of aromatic nitrogens is 2. The predicted octanol–water partition coefficient (Wildman–Crippen LogP) is 1.40. The van der Waals surface area contributed by atoms with E-state index in [9.17, 15) is 13.2 Å². The molecular formula is C14H25N3O3S. The van der Waals surface area contributed by atoms with Crippen LogP contribution in [-0.2, 0) is 16.4 Å². The van der Waals surface area contributed by atoms with E-state index in [1.165, 1.54) is 6.20 Å². The summed E-state index contributed by atoms with van der Waals surface area (Å²) in [5, 5.41) is 6.81. The van der Waals surface area contributed by atoms with Crippen LogP contribution in [0.3, 0.4) is 0 Å². The smallest absolute Gasteiger partial charge is 0.254 e. The minimum absolute atomic E-state index is 0.0287. The van der Waals surface area contributed by atoms with Crippen molar-refractivity contribution in [3.8, 4) is 0 Å². The molecule has 0 radical (unpaired) electrons. The second-order valence-corrected chi connectivity index (χ2v) is 7.86. The Labute approximate surface area is 126 Å². The normalized spacial score (nSPS) is 11.9. The molecule has 6 nitrogen and oxygen atoms in total. The topological polar surface area (TPSA) is 81.1 Å². The molecule has 120 valence electrons. The third kappa shape index (κ3) is 5.49. The van der Waals surface area contributed by atoms with Gasteiger partial charge in [0.05, 0.1) is 23.3 Å². The molecule has 1 rings (SSSR count). The molecule has 7 heteroatoms. The number of aryl methyl sites for hydroxylation is 1. The predicted molar refractivity (Wildman–Crippen MR) is 83.1 cm³/mol. The third-order valence-electron chi connectivity index (χ3n) is 3.07. The van der Waals surface area contributed by atoms with Gasteiger partial charge in [0.15, 0.2) is 9.84 Å². The molecule has 1 aromatic rings. The van der Waals surface area contributed by atoms with Crippen LogP contribution in [0.15, 0.2) is 6.20 Å². The highest BCUT2D eigenvalue weighted by Gasteiger charge is 2.16. The summed E-state index contributed by atoms with van der Waals surface area (Å²) in [4.78, 5) is 12.0. The summed E-state index contributed by atoms with van der Waals surface area (Å²) in [6, 6.07) is 0. The molecule has 0 unspecified atom stereocenters. The Hall–Kier alpha value is -1.37. The van der Waals surface area contributed by atoms with E-state index in [0.717, 1.165) is 18.7 Å². The lowest BCUT2D eigenvalue weighted by molar-refractivity contribution is 0.0955. The van der Waals surface area contributed by atoms with Crippen LogP contribution < -0.4 is 5.32 Å². The van der Waals surface area contributed by atoms with Crippen molar-refractivity contribution in [2.45, 2.75) is 40.7 Å². The zero-order chi connectivity index (χ0) is 16.0. The van der Waals surface area contributed by atoms with Gasteiger partial charge in [0, 0.05) is 18.8 Å². The van der Waals surface area contributed by atoms with Crippen LogP contribution in [0.25, 0.3) is 0 Å². The maximum absolute atomic E-state index is 12.0. The van der Waals surface area contributed by atoms with Crippen LogP contribution in [0.1, 0.15) is 43.2 Å². The Morgan fingerprint density at radius 3 is 2.67 bits per heavy atom. The highest BCUT2D eigenvalue weighted by molar-refractivity contribution is 7.91. The first-order chi connectivity index (χ1) is 9.76. The van der Waals surface area contributed by atoms with Crippen molar-refractivity contribution in [1.82, 2.24) is 15.1 Å². The van der Waals surface area contributed by atoms with Crippen molar-refractivity contribution in [3.63, 3.8) is 0 Å². The summed E-state index contributed by atoms with van der Waals surface area (Å²) in [5.74, 6) is -0.0510. The van der Waals surface area contributed by atoms with E-state index in [1.807, 2.05) is 27.7 Å². The lowest BCUT2D eigenvalue weighted by Crippen LogP contribution is -2.30. The Morgan fingerprint density at radius 2 is 2.10 bits per heavy atom. The van der Waals surface area contributed by atoms with Gasteiger partial charge < -0.3 is 5.32 Å². The van der Waals surface area contributed by atoms with E-state index in [0.29, 0.717) is 5.56 Å². The molecule has 0 atom stereocenters. The van der Waals surface area contributed by atoms with Crippen molar-refractivity contribution in [3.05, 3.63) is 17.5 Å². The van der Waals surface area contributed by atoms with Gasteiger partial charge in [-0.05, 0) is 19.3 Å². The number of amides is 1. The molecule has 0 bridgehead atoms. The minimum Gasteiger partial charge on any atom is -0.351 e. The van der Waals surface area contributed by atoms with Crippen molar-refractivity contribution in [2.24, 2.45) is 5.92 Å². The molecule has 0 aliphatic heterocycles. The fraction of sp³-hybridized carbons (Fsp3) is 0.714. The van der Waals surface area contributed by atoms with Crippen molar-refractivity contribution in [1.29, 1.82) is 0 Å². The molecule has 1 heterocycles. The van der Waals surface area contributed by atoms with E-state index in [2.05, 4.69) is 10.4 Å². The second-order valence-electron chi connectivity index (χ2n) is 5.63. The second kappa shape index (κ2) is 7.59. The maximum Gasteiger partial charge on any atom is 0.254 e. The van der Waals surface area contributed by atoms with Gasteiger partial charge in [-0.3, -0.25) is 9.48 Å². The summed E-state index contributed by atoms with van der Waals surface area (Å²) in [6.07, 6.45) is 2.47. The van der Waals surface area contributed by atoms with Gasteiger partial charge in [-0.1, -0.05) is 20.8 Å². The molecule has 0 aliphatic rings. The molecule has 21 heavy (non-hydrogen) atoms. The Kier molecular flexibility index (Phi) is 6.39. The number of hydrogen-bond donors (Lipinski definition) is 1. The van der Waals surface area contributed by atoms with Crippen LogP contribution in [-0.4, -0.2) is 42.2 Å². The number of rotatable bonds is 8. The first-order valence-corrected chi connectivity index (χ1v) is 9.10. The zero-order valence-electron chi connectivity index (χ0n) is 13.2. The largest absolute Gasteiger partial charge is 0.351 e. The minimum atomic E-state index is -3.11. The average molecular weight is 315 g/mol. The fourth-order valence-electron chi connectivity index (χ4n) is 2.11. The molecule has 1 aromatic heterocycles. The number of nitrogens with one attached hydrogen (secondary N) is 1. The molecule has 1 N–H and O–H groups in total. The van der Waals surface area contributed by atoms with Gasteiger partial charge >= 0.3 is 0 Å². The summed E-state index contributed by atoms with van der Waals surface area (Å²) in [7, 11) is -3.11. The molecular weight excluding hydrogens is 290 g/mol. The number of carbonyl (C=O) groups excluding carboxylic acids is 1. The van der Waals surface area contributed by atoms with Gasteiger partial charge in [0.1, 0.15) is 0 Å². The molecule has 0 saturated heterocycles. The number of nitrogens with zero attached hydrogens (tertiary/aromatic N) is 2. The van der Waals surface area contributed by atoms with E-state index < -0.39 is 9.84 Å². The monoisotopic (exact) mass is 315 g/mol. The van der Waals surface area contributed by atoms with Crippen molar-refractivity contribution in [2.75, 3.05) is 18.1 Å². The summed E-state index contributed by atoms with van der Waals surface area (Å²) in [5.41, 5.74) is 1.31. The van der Waals surface area contributed by atoms with Crippen LogP contribution in [0.5, 0.6) is 0 Å². The number of hydrogen-bond acceptors (Lipinski definition) is 4. The van der Waals surface area contributed by atoms with Gasteiger partial charge in [0.25, 0.3) is 5.91 Å². The van der Waals surface area contributed by atoms with Crippen molar-refractivity contribution < 1.29 is 13.2 Å². The van der Waals surface area contributed by atoms with E-state index in [-0.39, 0.29) is 29.9 Å². The third-order valence-corrected chi connectivity index (χ3v) is 5.07. The van der Waals surface area contributed by atoms with E-state index in [4.69, 9.17) is 0 Å².